The minimum Gasteiger partial charge on any atom is -0.446 e. The number of hydrogen-bond donors (Lipinski definition) is 3. The predicted octanol–water partition coefficient (Wildman–Crippen LogP) is 2.96. The van der Waals surface area contributed by atoms with E-state index in [1.807, 2.05) is 0 Å². The monoisotopic (exact) mass is 444 g/mol. The van der Waals surface area contributed by atoms with Gasteiger partial charge in [0.25, 0.3) is 5.91 Å². The van der Waals surface area contributed by atoms with Crippen molar-refractivity contribution in [2.45, 2.75) is 58.7 Å². The highest BCUT2D eigenvalue weighted by Crippen LogP contribution is 2.42. The summed E-state index contributed by atoms with van der Waals surface area (Å²) in [4.78, 5) is 28.4. The Labute approximate surface area is 185 Å². The van der Waals surface area contributed by atoms with Gasteiger partial charge in [-0.2, -0.15) is 5.10 Å². The standard InChI is InChI=1S/C22H29FN6O3/c1-22(2,3)16-13(6-5-7-14(16)32-21(24)31)27-19-17(23)12-9-25-20(30)15(12)18(28-19)11-8-26-29(4)10-11/h8,10,13-14,16H,5-7,9H2,1-4H3,(H2,24,31)(H,25,30)(H,27,28)/t13-,14-,16-/m1/s1. The summed E-state index contributed by atoms with van der Waals surface area (Å²) < 4.78 is 22.5. The molecule has 1 aliphatic carbocycles. The highest BCUT2D eigenvalue weighted by molar-refractivity contribution is 6.04. The quantitative estimate of drug-likeness (QED) is 0.666. The molecular weight excluding hydrogens is 415 g/mol. The number of primary amides is 1. The zero-order valence-corrected chi connectivity index (χ0v) is 18.7. The molecule has 0 radical (unpaired) electrons. The van der Waals surface area contributed by atoms with Crippen LogP contribution in [0.4, 0.5) is 15.0 Å². The number of fused-ring (bicyclic) bond motifs is 1. The number of hydrogen-bond acceptors (Lipinski definition) is 6. The number of nitrogens with one attached hydrogen (secondary N) is 2. The molecule has 2 aromatic rings. The molecule has 4 rings (SSSR count). The van der Waals surface area contributed by atoms with Crippen LogP contribution in [0.25, 0.3) is 11.3 Å². The van der Waals surface area contributed by atoms with Gasteiger partial charge in [-0.15, -0.1) is 0 Å². The van der Waals surface area contributed by atoms with Crippen molar-refractivity contribution in [3.05, 3.63) is 29.3 Å². The number of ether oxygens (including phenoxy) is 1. The topological polar surface area (TPSA) is 124 Å². The van der Waals surface area contributed by atoms with Crippen LogP contribution in [0.1, 0.15) is 56.0 Å². The van der Waals surface area contributed by atoms with E-state index in [1.165, 1.54) is 0 Å². The summed E-state index contributed by atoms with van der Waals surface area (Å²) in [5, 5.41) is 10.1. The van der Waals surface area contributed by atoms with E-state index < -0.39 is 11.9 Å². The van der Waals surface area contributed by atoms with Gasteiger partial charge in [0.2, 0.25) is 0 Å². The van der Waals surface area contributed by atoms with E-state index in [1.54, 1.807) is 24.1 Å². The first-order valence-electron chi connectivity index (χ1n) is 10.8. The van der Waals surface area contributed by atoms with Gasteiger partial charge in [-0.1, -0.05) is 20.8 Å². The summed E-state index contributed by atoms with van der Waals surface area (Å²) in [5.41, 5.74) is 6.63. The number of pyridine rings is 1. The van der Waals surface area contributed by atoms with Crippen LogP contribution in [0.15, 0.2) is 12.4 Å². The molecule has 0 bridgehead atoms. The normalized spacial score (nSPS) is 22.9. The minimum absolute atomic E-state index is 0.0816. The van der Waals surface area contributed by atoms with Gasteiger partial charge in [-0.25, -0.2) is 14.2 Å². The third kappa shape index (κ3) is 4.01. The van der Waals surface area contributed by atoms with Crippen molar-refractivity contribution >= 4 is 17.8 Å². The molecule has 3 heterocycles. The molecule has 9 nitrogen and oxygen atoms in total. The number of nitrogens with zero attached hydrogens (tertiary/aromatic N) is 3. The molecule has 3 atom stereocenters. The van der Waals surface area contributed by atoms with E-state index in [0.717, 1.165) is 12.8 Å². The average molecular weight is 445 g/mol. The molecule has 1 saturated carbocycles. The van der Waals surface area contributed by atoms with Crippen LogP contribution in [0.3, 0.4) is 0 Å². The Morgan fingerprint density at radius 1 is 1.38 bits per heavy atom. The molecule has 0 unspecified atom stereocenters. The number of halogens is 1. The van der Waals surface area contributed by atoms with Crippen molar-refractivity contribution < 1.29 is 18.7 Å². The van der Waals surface area contributed by atoms with E-state index in [9.17, 15) is 9.59 Å². The first-order chi connectivity index (χ1) is 15.1. The smallest absolute Gasteiger partial charge is 0.404 e. The van der Waals surface area contributed by atoms with Gasteiger partial charge in [0.15, 0.2) is 11.6 Å². The minimum atomic E-state index is -0.810. The lowest BCUT2D eigenvalue weighted by atomic mass is 9.68. The number of amides is 2. The van der Waals surface area contributed by atoms with Gasteiger partial charge in [-0.3, -0.25) is 9.48 Å². The maximum absolute atomic E-state index is 15.5. The van der Waals surface area contributed by atoms with E-state index >= 15 is 4.39 Å². The highest BCUT2D eigenvalue weighted by Gasteiger charge is 2.43. The molecule has 10 heteroatoms. The molecule has 0 spiro atoms. The molecule has 2 aliphatic rings. The van der Waals surface area contributed by atoms with Crippen LogP contribution in [0.5, 0.6) is 0 Å². The summed E-state index contributed by atoms with van der Waals surface area (Å²) >= 11 is 0. The van der Waals surface area contributed by atoms with Gasteiger partial charge >= 0.3 is 6.09 Å². The molecule has 0 saturated heterocycles. The Balaban J connectivity index is 1.75. The summed E-state index contributed by atoms with van der Waals surface area (Å²) in [7, 11) is 1.77. The lowest BCUT2D eigenvalue weighted by Gasteiger charge is -2.45. The van der Waals surface area contributed by atoms with Crippen LogP contribution in [-0.4, -0.2) is 38.9 Å². The third-order valence-corrected chi connectivity index (χ3v) is 6.29. The lowest BCUT2D eigenvalue weighted by molar-refractivity contribution is -0.00876. The number of anilines is 1. The van der Waals surface area contributed by atoms with Crippen molar-refractivity contribution in [1.82, 2.24) is 20.1 Å². The number of rotatable bonds is 4. The molecule has 2 amide bonds. The van der Waals surface area contributed by atoms with Gasteiger partial charge in [0, 0.05) is 42.9 Å². The Morgan fingerprint density at radius 3 is 2.75 bits per heavy atom. The molecule has 1 fully saturated rings. The molecular formula is C22H29FN6O3. The first-order valence-corrected chi connectivity index (χ1v) is 10.8. The Morgan fingerprint density at radius 2 is 2.12 bits per heavy atom. The Bertz CT molecular complexity index is 1060. The van der Waals surface area contributed by atoms with Crippen LogP contribution < -0.4 is 16.4 Å². The molecule has 4 N–H and O–H groups in total. The number of carbonyl (C=O) groups is 2. The summed E-state index contributed by atoms with van der Waals surface area (Å²) in [6.45, 7) is 6.28. The van der Waals surface area contributed by atoms with Gasteiger partial charge in [0.1, 0.15) is 6.10 Å². The highest BCUT2D eigenvalue weighted by atomic mass is 19.1. The van der Waals surface area contributed by atoms with Crippen molar-refractivity contribution in [3.63, 3.8) is 0 Å². The maximum atomic E-state index is 15.5. The van der Waals surface area contributed by atoms with E-state index in [0.29, 0.717) is 23.2 Å². The SMILES string of the molecule is Cn1cc(-c2nc(N[C@@H]3CCC[C@@H](OC(N)=O)[C@@H]3C(C)(C)C)c(F)c3c2C(=O)NC3)cn1. The first kappa shape index (κ1) is 22.0. The van der Waals surface area contributed by atoms with Crippen molar-refractivity contribution in [2.75, 3.05) is 5.32 Å². The largest absolute Gasteiger partial charge is 0.446 e. The lowest BCUT2D eigenvalue weighted by Crippen LogP contribution is -2.49. The van der Waals surface area contributed by atoms with E-state index in [4.69, 9.17) is 10.5 Å². The fourth-order valence-corrected chi connectivity index (χ4v) is 5.07. The summed E-state index contributed by atoms with van der Waals surface area (Å²) in [5.74, 6) is -0.925. The fourth-order valence-electron chi connectivity index (χ4n) is 5.07. The van der Waals surface area contributed by atoms with Crippen LogP contribution in [0.2, 0.25) is 0 Å². The van der Waals surface area contributed by atoms with Crippen molar-refractivity contribution in [1.29, 1.82) is 0 Å². The number of aryl methyl sites for hydroxylation is 1. The molecule has 0 aromatic carbocycles. The number of carbonyl (C=O) groups excluding carboxylic acids is 2. The zero-order valence-electron chi connectivity index (χ0n) is 18.7. The van der Waals surface area contributed by atoms with Gasteiger partial charge in [-0.05, 0) is 24.7 Å². The third-order valence-electron chi connectivity index (χ3n) is 6.29. The van der Waals surface area contributed by atoms with E-state index in [2.05, 4.69) is 41.5 Å². The van der Waals surface area contributed by atoms with Gasteiger partial charge < -0.3 is 21.1 Å². The van der Waals surface area contributed by atoms with E-state index in [-0.39, 0.29) is 47.3 Å². The maximum Gasteiger partial charge on any atom is 0.404 e. The molecule has 32 heavy (non-hydrogen) atoms. The fraction of sp³-hybridized carbons (Fsp3) is 0.545. The van der Waals surface area contributed by atoms with Crippen molar-refractivity contribution in [3.8, 4) is 11.3 Å². The molecule has 172 valence electrons. The molecule has 1 aliphatic heterocycles. The second-order valence-corrected chi connectivity index (χ2v) is 9.61. The van der Waals surface area contributed by atoms with Crippen LogP contribution >= 0.6 is 0 Å². The molecule has 2 aromatic heterocycles. The Kier molecular flexibility index (Phi) is 5.56. The Hall–Kier alpha value is -3.17. The van der Waals surface area contributed by atoms with Gasteiger partial charge in [0.05, 0.1) is 17.5 Å². The predicted molar refractivity (Wildman–Crippen MR) is 116 cm³/mol. The second-order valence-electron chi connectivity index (χ2n) is 9.61. The second kappa shape index (κ2) is 8.07. The zero-order chi connectivity index (χ0) is 23.2. The summed E-state index contributed by atoms with van der Waals surface area (Å²) in [6, 6.07) is -0.194. The van der Waals surface area contributed by atoms with Crippen LogP contribution in [0, 0.1) is 17.2 Å². The average Bonchev–Trinajstić information content (AvgIpc) is 3.29. The number of aromatic nitrogens is 3. The van der Waals surface area contributed by atoms with Crippen LogP contribution in [-0.2, 0) is 18.3 Å². The van der Waals surface area contributed by atoms with Crippen molar-refractivity contribution in [2.24, 2.45) is 24.1 Å². The number of nitrogens with two attached hydrogens (primary N) is 1. The summed E-state index contributed by atoms with van der Waals surface area (Å²) in [6.07, 6.45) is 4.41.